The van der Waals surface area contributed by atoms with Crippen LogP contribution in [-0.4, -0.2) is 11.6 Å². The Kier molecular flexibility index (Phi) is 3.33. The van der Waals surface area contributed by atoms with Gasteiger partial charge in [-0.3, -0.25) is 4.79 Å². The summed E-state index contributed by atoms with van der Waals surface area (Å²) in [6.45, 7) is 6.91. The van der Waals surface area contributed by atoms with Crippen molar-refractivity contribution in [3.05, 3.63) is 35.0 Å². The summed E-state index contributed by atoms with van der Waals surface area (Å²) < 4.78 is 5.59. The highest BCUT2D eigenvalue weighted by molar-refractivity contribution is 6.31. The van der Waals surface area contributed by atoms with E-state index >= 15 is 0 Å². The Morgan fingerprint density at radius 2 is 2.12 bits per heavy atom. The monoisotopic (exact) mass is 344 g/mol. The molecule has 0 unspecified atom stereocenters. The quantitative estimate of drug-likeness (QED) is 0.778. The number of fused-ring (bicyclic) bond motifs is 3. The minimum Gasteiger partial charge on any atom is -0.451 e. The molecule has 2 atom stereocenters. The fourth-order valence-electron chi connectivity index (χ4n) is 4.40. The molecule has 2 aliphatic rings. The highest BCUT2D eigenvalue weighted by Gasteiger charge is 2.60. The van der Waals surface area contributed by atoms with Crippen LogP contribution in [0.5, 0.6) is 0 Å². The van der Waals surface area contributed by atoms with Crippen molar-refractivity contribution in [3.8, 4) is 0 Å². The van der Waals surface area contributed by atoms with Gasteiger partial charge < -0.3 is 4.42 Å². The molecule has 0 saturated heterocycles. The van der Waals surface area contributed by atoms with Crippen LogP contribution in [0.25, 0.3) is 11.0 Å². The molecular weight excluding hydrogens is 324 g/mol. The Hall–Kier alpha value is -1.81. The Bertz CT molecular complexity index is 867. The first kappa shape index (κ1) is 15.7. The van der Waals surface area contributed by atoms with Crippen molar-refractivity contribution in [3.63, 3.8) is 0 Å². The number of furan rings is 1. The zero-order valence-electron chi connectivity index (χ0n) is 14.1. The van der Waals surface area contributed by atoms with Crippen LogP contribution in [0.15, 0.2) is 33.8 Å². The maximum Gasteiger partial charge on any atom is 0.307 e. The second-order valence-corrected chi connectivity index (χ2v) is 8.22. The Labute approximate surface area is 146 Å². The molecule has 2 aromatic rings. The molecule has 2 bridgehead atoms. The number of amides is 1. The lowest BCUT2D eigenvalue weighted by Gasteiger charge is -2.34. The Balaban J connectivity index is 1.56. The van der Waals surface area contributed by atoms with Gasteiger partial charge in [0, 0.05) is 21.5 Å². The van der Waals surface area contributed by atoms with Crippen LogP contribution in [0.4, 0.5) is 0 Å². The summed E-state index contributed by atoms with van der Waals surface area (Å²) >= 11 is 5.97. The number of carbonyl (C=O) groups is 1. The van der Waals surface area contributed by atoms with Gasteiger partial charge in [0.05, 0.1) is 0 Å². The van der Waals surface area contributed by atoms with E-state index in [4.69, 9.17) is 16.0 Å². The molecule has 126 valence electrons. The Morgan fingerprint density at radius 1 is 1.33 bits per heavy atom. The van der Waals surface area contributed by atoms with Gasteiger partial charge in [-0.15, -0.1) is 0 Å². The third-order valence-corrected chi connectivity index (χ3v) is 6.74. The SMILES string of the molecule is CC1(C)[C@@H]2CC[C@@]1(C)/C(=N/NC(=O)c1cc3cc(Cl)ccc3o1)C2. The largest absolute Gasteiger partial charge is 0.451 e. The summed E-state index contributed by atoms with van der Waals surface area (Å²) in [4.78, 5) is 12.4. The molecular formula is C19H21ClN2O2. The lowest BCUT2D eigenvalue weighted by atomic mass is 9.70. The molecule has 0 spiro atoms. The zero-order chi connectivity index (χ0) is 17.1. The van der Waals surface area contributed by atoms with Crippen molar-refractivity contribution in [1.82, 2.24) is 5.43 Å². The van der Waals surface area contributed by atoms with Crippen molar-refractivity contribution in [2.24, 2.45) is 21.8 Å². The van der Waals surface area contributed by atoms with E-state index in [-0.39, 0.29) is 22.5 Å². The molecule has 24 heavy (non-hydrogen) atoms. The molecule has 5 heteroatoms. The first-order valence-electron chi connectivity index (χ1n) is 8.38. The van der Waals surface area contributed by atoms with Crippen molar-refractivity contribution in [1.29, 1.82) is 0 Å². The van der Waals surface area contributed by atoms with E-state index in [1.807, 2.05) is 0 Å². The molecule has 1 aromatic heterocycles. The molecule has 1 aromatic carbocycles. The molecule has 2 aliphatic carbocycles. The molecule has 0 radical (unpaired) electrons. The van der Waals surface area contributed by atoms with Gasteiger partial charge in [0.25, 0.3) is 0 Å². The van der Waals surface area contributed by atoms with Crippen LogP contribution in [0.1, 0.15) is 50.6 Å². The summed E-state index contributed by atoms with van der Waals surface area (Å²) in [6.07, 6.45) is 3.36. The van der Waals surface area contributed by atoms with Crippen LogP contribution in [0.2, 0.25) is 5.02 Å². The number of hydrogen-bond donors (Lipinski definition) is 1. The van der Waals surface area contributed by atoms with Crippen LogP contribution in [-0.2, 0) is 0 Å². The number of nitrogens with one attached hydrogen (secondary N) is 1. The summed E-state index contributed by atoms with van der Waals surface area (Å²) in [5, 5.41) is 5.90. The lowest BCUT2D eigenvalue weighted by molar-refractivity contribution is 0.0928. The van der Waals surface area contributed by atoms with E-state index in [0.717, 1.165) is 23.9 Å². The van der Waals surface area contributed by atoms with Crippen LogP contribution in [0, 0.1) is 16.7 Å². The van der Waals surface area contributed by atoms with Gasteiger partial charge in [0.1, 0.15) is 5.58 Å². The van der Waals surface area contributed by atoms with Crippen LogP contribution < -0.4 is 5.43 Å². The number of carbonyl (C=O) groups excluding carboxylic acids is 1. The standard InChI is InChI=1S/C19H21ClN2O2/c1-18(2)12-6-7-19(18,3)16(10-12)21-22-17(23)15-9-11-8-13(20)4-5-14(11)24-15/h4-5,8-9,12H,6-7,10H2,1-3H3,(H,22,23)/b21-16+/t12-,19+/m1/s1. The van der Waals surface area contributed by atoms with Crippen molar-refractivity contribution in [2.45, 2.75) is 40.0 Å². The van der Waals surface area contributed by atoms with Crippen molar-refractivity contribution in [2.75, 3.05) is 0 Å². The number of nitrogens with zero attached hydrogens (tertiary/aromatic N) is 1. The first-order valence-corrected chi connectivity index (χ1v) is 8.75. The van der Waals surface area contributed by atoms with Gasteiger partial charge in [0.15, 0.2) is 5.76 Å². The van der Waals surface area contributed by atoms with E-state index in [0.29, 0.717) is 16.5 Å². The molecule has 2 fully saturated rings. The number of hydrazone groups is 1. The van der Waals surface area contributed by atoms with Crippen LogP contribution in [0.3, 0.4) is 0 Å². The second kappa shape index (κ2) is 5.09. The zero-order valence-corrected chi connectivity index (χ0v) is 14.9. The molecule has 1 amide bonds. The van der Waals surface area contributed by atoms with E-state index in [2.05, 4.69) is 31.3 Å². The topological polar surface area (TPSA) is 54.6 Å². The maximum absolute atomic E-state index is 12.4. The van der Waals surface area contributed by atoms with E-state index in [1.54, 1.807) is 24.3 Å². The normalized spacial score (nSPS) is 29.5. The molecule has 2 saturated carbocycles. The van der Waals surface area contributed by atoms with Crippen molar-refractivity contribution >= 4 is 34.2 Å². The minimum absolute atomic E-state index is 0.0757. The fraction of sp³-hybridized carbons (Fsp3) is 0.474. The highest BCUT2D eigenvalue weighted by Crippen LogP contribution is 2.63. The summed E-state index contributed by atoms with van der Waals surface area (Å²) in [7, 11) is 0. The number of benzene rings is 1. The predicted molar refractivity (Wildman–Crippen MR) is 95.4 cm³/mol. The van der Waals surface area contributed by atoms with Crippen molar-refractivity contribution < 1.29 is 9.21 Å². The predicted octanol–water partition coefficient (Wildman–Crippen LogP) is 5.02. The maximum atomic E-state index is 12.4. The molecule has 4 nitrogen and oxygen atoms in total. The van der Waals surface area contributed by atoms with Gasteiger partial charge in [-0.25, -0.2) is 5.43 Å². The average molecular weight is 345 g/mol. The van der Waals surface area contributed by atoms with Crippen LogP contribution >= 0.6 is 11.6 Å². The number of rotatable bonds is 2. The van der Waals surface area contributed by atoms with E-state index in [9.17, 15) is 4.79 Å². The fourth-order valence-corrected chi connectivity index (χ4v) is 4.58. The second-order valence-electron chi connectivity index (χ2n) is 7.79. The summed E-state index contributed by atoms with van der Waals surface area (Å²) in [5.74, 6) is 0.592. The minimum atomic E-state index is -0.320. The van der Waals surface area contributed by atoms with Gasteiger partial charge in [-0.05, 0) is 54.9 Å². The first-order chi connectivity index (χ1) is 11.3. The summed E-state index contributed by atoms with van der Waals surface area (Å²) in [5.41, 5.74) is 4.76. The van der Waals surface area contributed by atoms with Gasteiger partial charge in [-0.2, -0.15) is 5.10 Å². The Morgan fingerprint density at radius 3 is 2.79 bits per heavy atom. The summed E-state index contributed by atoms with van der Waals surface area (Å²) in [6, 6.07) is 6.99. The molecule has 4 rings (SSSR count). The number of hydrogen-bond acceptors (Lipinski definition) is 3. The number of halogens is 1. The van der Waals surface area contributed by atoms with E-state index in [1.165, 1.54) is 6.42 Å². The third kappa shape index (κ3) is 2.12. The third-order valence-electron chi connectivity index (χ3n) is 6.51. The van der Waals surface area contributed by atoms with Gasteiger partial charge in [0.2, 0.25) is 0 Å². The van der Waals surface area contributed by atoms with E-state index < -0.39 is 0 Å². The smallest absolute Gasteiger partial charge is 0.307 e. The molecule has 1 N–H and O–H groups in total. The lowest BCUT2D eigenvalue weighted by Crippen LogP contribution is -2.34. The molecule has 0 aliphatic heterocycles. The van der Waals surface area contributed by atoms with Gasteiger partial charge >= 0.3 is 5.91 Å². The molecule has 1 heterocycles. The average Bonchev–Trinajstić information content (AvgIpc) is 3.10. The van der Waals surface area contributed by atoms with Gasteiger partial charge in [-0.1, -0.05) is 32.4 Å². The highest BCUT2D eigenvalue weighted by atomic mass is 35.5.